The first-order valence-corrected chi connectivity index (χ1v) is 11.9. The van der Waals surface area contributed by atoms with Crippen molar-refractivity contribution in [1.82, 2.24) is 20.3 Å². The molecule has 0 saturated carbocycles. The van der Waals surface area contributed by atoms with E-state index in [1.165, 1.54) is 22.3 Å². The Bertz CT molecular complexity index is 1210. The van der Waals surface area contributed by atoms with Crippen molar-refractivity contribution in [3.05, 3.63) is 70.9 Å². The number of nitrogens with one attached hydrogen (secondary N) is 2. The number of carbonyl (C=O) groups is 1. The van der Waals surface area contributed by atoms with Crippen LogP contribution in [0.1, 0.15) is 54.6 Å². The summed E-state index contributed by atoms with van der Waals surface area (Å²) >= 11 is 0. The molecule has 3 aromatic rings. The molecule has 2 aliphatic rings. The number of carbonyl (C=O) groups excluding carboxylic acids is 1. The van der Waals surface area contributed by atoms with Crippen LogP contribution in [-0.4, -0.2) is 33.9 Å². The number of nitrogens with zero attached hydrogens (tertiary/aromatic N) is 3. The molecule has 5 rings (SSSR count). The van der Waals surface area contributed by atoms with Crippen molar-refractivity contribution in [3.8, 4) is 11.3 Å². The zero-order valence-electron chi connectivity index (χ0n) is 19.4. The average molecular weight is 442 g/mol. The first kappa shape index (κ1) is 21.6. The quantitative estimate of drug-likeness (QED) is 0.580. The molecule has 2 N–H and O–H groups in total. The number of aromatic nitrogens is 3. The van der Waals surface area contributed by atoms with Crippen LogP contribution < -0.4 is 10.6 Å². The fraction of sp³-hybridized carbons (Fsp3) is 0.370. The fourth-order valence-electron chi connectivity index (χ4n) is 4.92. The van der Waals surface area contributed by atoms with Crippen LogP contribution >= 0.6 is 0 Å². The largest absolute Gasteiger partial charge is 0.378 e. The van der Waals surface area contributed by atoms with Crippen molar-refractivity contribution in [1.29, 1.82) is 0 Å². The van der Waals surface area contributed by atoms with Gasteiger partial charge in [-0.2, -0.15) is 0 Å². The van der Waals surface area contributed by atoms with E-state index < -0.39 is 0 Å². The van der Waals surface area contributed by atoms with Crippen molar-refractivity contribution in [2.75, 3.05) is 18.4 Å². The maximum absolute atomic E-state index is 12.0. The number of hydrogen-bond donors (Lipinski definition) is 2. The van der Waals surface area contributed by atoms with Crippen molar-refractivity contribution >= 4 is 17.0 Å². The Kier molecular flexibility index (Phi) is 6.09. The van der Waals surface area contributed by atoms with Gasteiger partial charge >= 0.3 is 0 Å². The Morgan fingerprint density at radius 1 is 1.24 bits per heavy atom. The van der Waals surface area contributed by atoms with E-state index in [1.54, 1.807) is 0 Å². The highest BCUT2D eigenvalue weighted by Gasteiger charge is 2.26. The molecule has 1 atom stereocenters. The summed E-state index contributed by atoms with van der Waals surface area (Å²) in [4.78, 5) is 12.0. The van der Waals surface area contributed by atoms with Gasteiger partial charge in [-0.15, -0.1) is 5.10 Å². The zero-order valence-corrected chi connectivity index (χ0v) is 19.4. The van der Waals surface area contributed by atoms with Crippen LogP contribution in [0.4, 0.5) is 5.69 Å². The van der Waals surface area contributed by atoms with Gasteiger partial charge in [-0.05, 0) is 66.8 Å². The van der Waals surface area contributed by atoms with E-state index in [0.29, 0.717) is 12.8 Å². The van der Waals surface area contributed by atoms with Gasteiger partial charge in [0.2, 0.25) is 0 Å². The van der Waals surface area contributed by atoms with E-state index in [9.17, 15) is 4.79 Å². The van der Waals surface area contributed by atoms with E-state index in [2.05, 4.69) is 57.4 Å². The topological polar surface area (TPSA) is 71.8 Å². The number of benzene rings is 2. The van der Waals surface area contributed by atoms with Gasteiger partial charge in [0, 0.05) is 37.2 Å². The lowest BCUT2D eigenvalue weighted by molar-refractivity contribution is -0.118. The summed E-state index contributed by atoms with van der Waals surface area (Å²) in [6, 6.07) is 15.3. The highest BCUT2D eigenvalue weighted by Crippen LogP contribution is 2.38. The number of ketones is 1. The van der Waals surface area contributed by atoms with Gasteiger partial charge in [-0.25, -0.2) is 4.68 Å². The second-order valence-corrected chi connectivity index (χ2v) is 8.99. The zero-order chi connectivity index (χ0) is 22.8. The molecule has 0 bridgehead atoms. The smallest absolute Gasteiger partial charge is 0.136 e. The maximum atomic E-state index is 12.0. The van der Waals surface area contributed by atoms with Gasteiger partial charge in [-0.3, -0.25) is 4.79 Å². The number of rotatable bonds is 6. The third kappa shape index (κ3) is 4.48. The van der Waals surface area contributed by atoms with E-state index in [4.69, 9.17) is 0 Å². The minimum Gasteiger partial charge on any atom is -0.378 e. The molecule has 6 nitrogen and oxygen atoms in total. The third-order valence-corrected chi connectivity index (χ3v) is 6.71. The first-order chi connectivity index (χ1) is 16.1. The third-order valence-electron chi connectivity index (χ3n) is 6.71. The summed E-state index contributed by atoms with van der Waals surface area (Å²) in [7, 11) is 0. The second-order valence-electron chi connectivity index (χ2n) is 8.99. The highest BCUT2D eigenvalue weighted by atomic mass is 16.1. The Morgan fingerprint density at radius 2 is 2.15 bits per heavy atom. The molecular weight excluding hydrogens is 410 g/mol. The molecule has 1 aromatic heterocycles. The van der Waals surface area contributed by atoms with E-state index >= 15 is 0 Å². The van der Waals surface area contributed by atoms with Gasteiger partial charge < -0.3 is 10.6 Å². The van der Waals surface area contributed by atoms with Crippen molar-refractivity contribution in [2.24, 2.45) is 0 Å². The average Bonchev–Trinajstić information content (AvgIpc) is 3.14. The molecule has 6 heteroatoms. The molecule has 0 saturated heterocycles. The van der Waals surface area contributed by atoms with Gasteiger partial charge in [0.1, 0.15) is 5.78 Å². The van der Waals surface area contributed by atoms with Gasteiger partial charge in [0.15, 0.2) is 0 Å². The monoisotopic (exact) mass is 441 g/mol. The molecule has 0 aliphatic carbocycles. The van der Waals surface area contributed by atoms with Crippen LogP contribution in [0.2, 0.25) is 0 Å². The standard InChI is InChI=1S/C27H31N5O/c1-3-23(33)16-19-5-4-6-22(15-19)29-26-11-14-32-27(18(2)30-31-32)24-8-7-21(17-25(24)26)20-9-12-28-13-10-20/h4-9,15,17,26,28-29H,3,10-14,16H2,1-2H3. The normalized spacial score (nSPS) is 17.5. The van der Waals surface area contributed by atoms with Crippen LogP contribution in [0.25, 0.3) is 16.8 Å². The van der Waals surface area contributed by atoms with E-state index in [1.807, 2.05) is 30.7 Å². The maximum Gasteiger partial charge on any atom is 0.136 e. The lowest BCUT2D eigenvalue weighted by Gasteiger charge is -2.23. The summed E-state index contributed by atoms with van der Waals surface area (Å²) < 4.78 is 2.04. The summed E-state index contributed by atoms with van der Waals surface area (Å²) in [6.45, 7) is 6.70. The summed E-state index contributed by atoms with van der Waals surface area (Å²) in [5, 5.41) is 15.9. The lowest BCUT2D eigenvalue weighted by Crippen LogP contribution is -2.20. The Balaban J connectivity index is 1.53. The Labute approximate surface area is 195 Å². The predicted octanol–water partition coefficient (Wildman–Crippen LogP) is 4.71. The molecule has 3 heterocycles. The number of Topliss-reactive ketones (excluding diaryl/α,β-unsaturated/α-hetero) is 1. The molecule has 0 spiro atoms. The number of fused-ring (bicyclic) bond motifs is 3. The summed E-state index contributed by atoms with van der Waals surface area (Å²) in [5.41, 5.74) is 9.36. The number of anilines is 1. The molecule has 0 amide bonds. The summed E-state index contributed by atoms with van der Waals surface area (Å²) in [5.74, 6) is 0.264. The SMILES string of the molecule is CCC(=O)Cc1cccc(NC2CCn3nnc(C)c3-c3ccc(C4=CCNCC4)cc32)c1. The summed E-state index contributed by atoms with van der Waals surface area (Å²) in [6.07, 6.45) is 5.31. The lowest BCUT2D eigenvalue weighted by atomic mass is 9.90. The van der Waals surface area contributed by atoms with Gasteiger partial charge in [0.25, 0.3) is 0 Å². The van der Waals surface area contributed by atoms with Crippen LogP contribution in [-0.2, 0) is 17.8 Å². The Hall–Kier alpha value is -3.25. The molecule has 0 radical (unpaired) electrons. The minimum atomic E-state index is 0.139. The Morgan fingerprint density at radius 3 is 2.97 bits per heavy atom. The van der Waals surface area contributed by atoms with E-state index in [0.717, 1.165) is 55.1 Å². The van der Waals surface area contributed by atoms with Crippen molar-refractivity contribution in [3.63, 3.8) is 0 Å². The number of hydrogen-bond acceptors (Lipinski definition) is 5. The first-order valence-electron chi connectivity index (χ1n) is 11.9. The van der Waals surface area contributed by atoms with Crippen LogP contribution in [0.15, 0.2) is 48.5 Å². The fourth-order valence-corrected chi connectivity index (χ4v) is 4.92. The van der Waals surface area contributed by atoms with E-state index in [-0.39, 0.29) is 11.8 Å². The molecule has 1 unspecified atom stereocenters. The molecule has 2 aromatic carbocycles. The molecular formula is C27H31N5O. The molecule has 170 valence electrons. The molecule has 2 aliphatic heterocycles. The highest BCUT2D eigenvalue weighted by molar-refractivity contribution is 5.81. The minimum absolute atomic E-state index is 0.139. The number of aryl methyl sites for hydroxylation is 2. The molecule has 0 fully saturated rings. The van der Waals surface area contributed by atoms with Crippen LogP contribution in [0, 0.1) is 6.92 Å². The second kappa shape index (κ2) is 9.32. The van der Waals surface area contributed by atoms with Crippen LogP contribution in [0.5, 0.6) is 0 Å². The predicted molar refractivity (Wildman–Crippen MR) is 132 cm³/mol. The van der Waals surface area contributed by atoms with Gasteiger partial charge in [-0.1, -0.05) is 42.5 Å². The van der Waals surface area contributed by atoms with Crippen LogP contribution in [0.3, 0.4) is 0 Å². The van der Waals surface area contributed by atoms with Gasteiger partial charge in [0.05, 0.1) is 17.4 Å². The molecule has 33 heavy (non-hydrogen) atoms. The van der Waals surface area contributed by atoms with Crippen molar-refractivity contribution < 1.29 is 4.79 Å². The van der Waals surface area contributed by atoms with Crippen molar-refractivity contribution in [2.45, 2.75) is 52.1 Å².